The summed E-state index contributed by atoms with van der Waals surface area (Å²) >= 11 is 0. The third kappa shape index (κ3) is 7.25. The molecule has 1 saturated carbocycles. The first kappa shape index (κ1) is 28.8. The molecule has 0 saturated heterocycles. The van der Waals surface area contributed by atoms with Crippen LogP contribution in [0.4, 0.5) is 5.69 Å². The van der Waals surface area contributed by atoms with E-state index in [1.807, 2.05) is 69.3 Å². The molecule has 4 N–H and O–H groups in total. The van der Waals surface area contributed by atoms with Crippen molar-refractivity contribution < 1.29 is 19.4 Å². The van der Waals surface area contributed by atoms with Crippen LogP contribution < -0.4 is 15.8 Å². The molecule has 1 amide bonds. The molecule has 0 bridgehead atoms. The normalized spacial score (nSPS) is 14.2. The second kappa shape index (κ2) is 12.8. The van der Waals surface area contributed by atoms with E-state index in [9.17, 15) is 9.59 Å². The first-order valence-corrected chi connectivity index (χ1v) is 13.8. The summed E-state index contributed by atoms with van der Waals surface area (Å²) in [5.41, 5.74) is 8.94. The van der Waals surface area contributed by atoms with Gasteiger partial charge in [0.05, 0.1) is 27.4 Å². The average molecular weight is 543 g/mol. The number of aromatic carboxylic acids is 1. The molecule has 0 unspecified atom stereocenters. The summed E-state index contributed by atoms with van der Waals surface area (Å²) in [7, 11) is 0. The van der Waals surface area contributed by atoms with Gasteiger partial charge in [0.1, 0.15) is 12.4 Å². The number of aryl methyl sites for hydroxylation is 1. The van der Waals surface area contributed by atoms with Crippen LogP contribution in [0.5, 0.6) is 5.75 Å². The second-order valence-electron chi connectivity index (χ2n) is 11.1. The lowest BCUT2D eigenvalue weighted by atomic mass is 9.92. The van der Waals surface area contributed by atoms with Crippen molar-refractivity contribution in [1.29, 1.82) is 0 Å². The van der Waals surface area contributed by atoms with E-state index in [0.717, 1.165) is 40.3 Å². The number of carboxylic acid groups (broad SMARTS) is 1. The minimum atomic E-state index is -0.946. The van der Waals surface area contributed by atoms with Gasteiger partial charge in [-0.1, -0.05) is 49.9 Å². The van der Waals surface area contributed by atoms with Crippen LogP contribution in [0.1, 0.15) is 68.4 Å². The summed E-state index contributed by atoms with van der Waals surface area (Å²) in [6.07, 6.45) is 8.46. The lowest BCUT2D eigenvalue weighted by Crippen LogP contribution is -2.45. The zero-order valence-electron chi connectivity index (χ0n) is 23.4. The number of carbonyl (C=O) groups excluding carboxylic acids is 1. The van der Waals surface area contributed by atoms with Gasteiger partial charge in [0.2, 0.25) is 5.91 Å². The summed E-state index contributed by atoms with van der Waals surface area (Å²) in [5.74, 6) is -0.220. The SMILES string of the molecule is Cc1cc(N)c2c(OCC(C)(C)C(=O)NC3CCCCCC3)cccc2n1.O=C(O)c1cnc2ccccc2c1. The molecular weight excluding hydrogens is 504 g/mol. The number of nitrogens with zero attached hydrogens (tertiary/aromatic N) is 2. The Kier molecular flexibility index (Phi) is 9.19. The van der Waals surface area contributed by atoms with E-state index in [4.69, 9.17) is 15.6 Å². The third-order valence-corrected chi connectivity index (χ3v) is 7.19. The summed E-state index contributed by atoms with van der Waals surface area (Å²) in [6, 6.07) is 16.9. The van der Waals surface area contributed by atoms with E-state index < -0.39 is 11.4 Å². The number of rotatable bonds is 6. The Morgan fingerprint density at radius 3 is 2.45 bits per heavy atom. The summed E-state index contributed by atoms with van der Waals surface area (Å²) in [5, 5.41) is 13.6. The van der Waals surface area contributed by atoms with Gasteiger partial charge in [-0.25, -0.2) is 4.79 Å². The van der Waals surface area contributed by atoms with Crippen LogP contribution in [-0.2, 0) is 4.79 Å². The Morgan fingerprint density at radius 2 is 1.73 bits per heavy atom. The molecule has 5 rings (SSSR count). The molecule has 8 nitrogen and oxygen atoms in total. The first-order valence-electron chi connectivity index (χ1n) is 13.8. The van der Waals surface area contributed by atoms with Crippen molar-refractivity contribution in [3.63, 3.8) is 0 Å². The van der Waals surface area contributed by atoms with E-state index in [1.54, 1.807) is 6.07 Å². The van der Waals surface area contributed by atoms with Gasteiger partial charge in [-0.2, -0.15) is 0 Å². The Morgan fingerprint density at radius 1 is 1.02 bits per heavy atom. The molecule has 2 heterocycles. The molecule has 0 spiro atoms. The van der Waals surface area contributed by atoms with E-state index in [-0.39, 0.29) is 18.1 Å². The predicted octanol–water partition coefficient (Wildman–Crippen LogP) is 6.30. The fourth-order valence-corrected chi connectivity index (χ4v) is 4.86. The molecule has 0 atom stereocenters. The molecule has 8 heteroatoms. The van der Waals surface area contributed by atoms with Gasteiger partial charge in [0, 0.05) is 29.0 Å². The van der Waals surface area contributed by atoms with Crippen molar-refractivity contribution in [2.24, 2.45) is 5.41 Å². The van der Waals surface area contributed by atoms with Crippen molar-refractivity contribution in [2.75, 3.05) is 12.3 Å². The van der Waals surface area contributed by atoms with E-state index in [0.29, 0.717) is 17.5 Å². The van der Waals surface area contributed by atoms with Crippen molar-refractivity contribution in [3.8, 4) is 5.75 Å². The topological polar surface area (TPSA) is 127 Å². The summed E-state index contributed by atoms with van der Waals surface area (Å²) in [6.45, 7) is 6.06. The highest BCUT2D eigenvalue weighted by Gasteiger charge is 2.31. The summed E-state index contributed by atoms with van der Waals surface area (Å²) in [4.78, 5) is 32.0. The van der Waals surface area contributed by atoms with E-state index in [1.165, 1.54) is 31.9 Å². The number of pyridine rings is 2. The fourth-order valence-electron chi connectivity index (χ4n) is 4.86. The van der Waals surface area contributed by atoms with Gasteiger partial charge in [0.25, 0.3) is 0 Å². The molecule has 40 heavy (non-hydrogen) atoms. The molecule has 2 aromatic heterocycles. The Hall–Kier alpha value is -4.20. The molecule has 1 fully saturated rings. The smallest absolute Gasteiger partial charge is 0.337 e. The van der Waals surface area contributed by atoms with Gasteiger partial charge in [-0.05, 0) is 63.9 Å². The number of amides is 1. The zero-order valence-corrected chi connectivity index (χ0v) is 23.4. The monoisotopic (exact) mass is 542 g/mol. The highest BCUT2D eigenvalue weighted by Crippen LogP contribution is 2.31. The van der Waals surface area contributed by atoms with Crippen LogP contribution in [0.3, 0.4) is 0 Å². The van der Waals surface area contributed by atoms with Gasteiger partial charge >= 0.3 is 5.97 Å². The molecule has 210 valence electrons. The standard InChI is InChI=1S/C22H31N3O2.C10H7NO2/c1-15-13-17(23)20-18(24-15)11-8-12-19(20)27-14-22(2,3)21(26)25-16-9-6-4-5-7-10-16;12-10(13)8-5-7-3-1-2-4-9(7)11-6-8/h8,11-13,16H,4-7,9-10,14H2,1-3H3,(H2,23,24)(H,25,26);1-6H,(H,12,13). The number of para-hydroxylation sites is 1. The molecular formula is C32H38N4O4. The Bertz CT molecular complexity index is 1490. The third-order valence-electron chi connectivity index (χ3n) is 7.19. The Balaban J connectivity index is 0.000000236. The quantitative estimate of drug-likeness (QED) is 0.244. The number of hydrogen-bond donors (Lipinski definition) is 3. The van der Waals surface area contributed by atoms with Crippen LogP contribution in [0, 0.1) is 12.3 Å². The highest BCUT2D eigenvalue weighted by atomic mass is 16.5. The number of nitrogen functional groups attached to an aromatic ring is 1. The zero-order chi connectivity index (χ0) is 28.7. The number of aromatic nitrogens is 2. The van der Waals surface area contributed by atoms with Crippen LogP contribution in [-0.4, -0.2) is 39.6 Å². The van der Waals surface area contributed by atoms with Crippen LogP contribution >= 0.6 is 0 Å². The molecule has 2 aromatic carbocycles. The van der Waals surface area contributed by atoms with Gasteiger partial charge < -0.3 is 20.9 Å². The number of nitrogens with one attached hydrogen (secondary N) is 1. The van der Waals surface area contributed by atoms with Gasteiger partial charge in [-0.15, -0.1) is 0 Å². The first-order chi connectivity index (χ1) is 19.1. The second-order valence-corrected chi connectivity index (χ2v) is 11.1. The number of ether oxygens (including phenoxy) is 1. The maximum atomic E-state index is 12.8. The van der Waals surface area contributed by atoms with Crippen molar-refractivity contribution in [2.45, 2.75) is 65.3 Å². The molecule has 0 aliphatic heterocycles. The van der Waals surface area contributed by atoms with Crippen LogP contribution in [0.2, 0.25) is 0 Å². The van der Waals surface area contributed by atoms with Crippen molar-refractivity contribution >= 4 is 39.4 Å². The number of hydrogen-bond acceptors (Lipinski definition) is 6. The lowest BCUT2D eigenvalue weighted by molar-refractivity contribution is -0.131. The largest absolute Gasteiger partial charge is 0.492 e. The minimum absolute atomic E-state index is 0.0524. The number of carbonyl (C=O) groups is 2. The van der Waals surface area contributed by atoms with E-state index in [2.05, 4.69) is 15.3 Å². The molecule has 0 radical (unpaired) electrons. The minimum Gasteiger partial charge on any atom is -0.492 e. The van der Waals surface area contributed by atoms with E-state index >= 15 is 0 Å². The highest BCUT2D eigenvalue weighted by molar-refractivity contribution is 5.95. The lowest BCUT2D eigenvalue weighted by Gasteiger charge is -2.27. The predicted molar refractivity (Wildman–Crippen MR) is 159 cm³/mol. The van der Waals surface area contributed by atoms with Crippen LogP contribution in [0.15, 0.2) is 60.8 Å². The fraction of sp³-hybridized carbons (Fsp3) is 0.375. The molecule has 1 aliphatic carbocycles. The van der Waals surface area contributed by atoms with Crippen molar-refractivity contribution in [3.05, 3.63) is 72.1 Å². The number of carboxylic acids is 1. The number of benzene rings is 2. The Labute approximate surface area is 235 Å². The maximum Gasteiger partial charge on any atom is 0.337 e. The maximum absolute atomic E-state index is 12.8. The molecule has 4 aromatic rings. The van der Waals surface area contributed by atoms with Crippen molar-refractivity contribution in [1.82, 2.24) is 15.3 Å². The number of anilines is 1. The van der Waals surface area contributed by atoms with Gasteiger partial charge in [-0.3, -0.25) is 14.8 Å². The molecule has 1 aliphatic rings. The number of nitrogens with two attached hydrogens (primary N) is 1. The number of fused-ring (bicyclic) bond motifs is 2. The average Bonchev–Trinajstić information content (AvgIpc) is 3.20. The summed E-state index contributed by atoms with van der Waals surface area (Å²) < 4.78 is 6.06. The van der Waals surface area contributed by atoms with Gasteiger partial charge in [0.15, 0.2) is 0 Å². The van der Waals surface area contributed by atoms with Crippen LogP contribution in [0.25, 0.3) is 21.8 Å².